The maximum atomic E-state index is 5.94. The Morgan fingerprint density at radius 2 is 2.21 bits per heavy atom. The van der Waals surface area contributed by atoms with Gasteiger partial charge in [-0.05, 0) is 36.1 Å². The maximum Gasteiger partial charge on any atom is 0.0967 e. The minimum Gasteiger partial charge on any atom is -0.371 e. The quantitative estimate of drug-likeness (QED) is 0.735. The number of benzene rings is 1. The number of ether oxygens (including phenoxy) is 1. The van der Waals surface area contributed by atoms with Crippen molar-refractivity contribution in [2.45, 2.75) is 26.1 Å². The molecule has 0 amide bonds. The van der Waals surface area contributed by atoms with Crippen molar-refractivity contribution in [1.82, 2.24) is 14.5 Å². The van der Waals surface area contributed by atoms with Crippen LogP contribution in [-0.2, 0) is 17.8 Å². The molecule has 0 spiro atoms. The molecule has 1 atom stereocenters. The molecule has 1 aliphatic rings. The van der Waals surface area contributed by atoms with Crippen LogP contribution in [0.1, 0.15) is 24.2 Å². The average molecular weight is 321 g/mol. The van der Waals surface area contributed by atoms with Crippen molar-refractivity contribution >= 4 is 10.9 Å². The van der Waals surface area contributed by atoms with Crippen molar-refractivity contribution in [3.63, 3.8) is 0 Å². The summed E-state index contributed by atoms with van der Waals surface area (Å²) in [6, 6.07) is 13.1. The van der Waals surface area contributed by atoms with E-state index in [4.69, 9.17) is 4.74 Å². The summed E-state index contributed by atoms with van der Waals surface area (Å²) in [7, 11) is 0. The first-order valence-corrected chi connectivity index (χ1v) is 8.65. The monoisotopic (exact) mass is 321 g/mol. The van der Waals surface area contributed by atoms with Gasteiger partial charge >= 0.3 is 0 Å². The van der Waals surface area contributed by atoms with E-state index in [1.807, 2.05) is 18.5 Å². The number of aromatic nitrogens is 2. The topological polar surface area (TPSA) is 30.3 Å². The van der Waals surface area contributed by atoms with Gasteiger partial charge in [-0.2, -0.15) is 0 Å². The minimum absolute atomic E-state index is 0.121. The number of hydrogen-bond acceptors (Lipinski definition) is 3. The zero-order chi connectivity index (χ0) is 16.4. The van der Waals surface area contributed by atoms with E-state index in [0.29, 0.717) is 0 Å². The Kier molecular flexibility index (Phi) is 4.32. The van der Waals surface area contributed by atoms with Crippen molar-refractivity contribution in [2.24, 2.45) is 0 Å². The zero-order valence-electron chi connectivity index (χ0n) is 14.1. The normalized spacial score (nSPS) is 19.0. The molecule has 4 rings (SSSR count). The lowest BCUT2D eigenvalue weighted by Crippen LogP contribution is -2.37. The second-order valence-corrected chi connectivity index (χ2v) is 6.38. The molecular weight excluding hydrogens is 298 g/mol. The van der Waals surface area contributed by atoms with Crippen LogP contribution in [0.15, 0.2) is 55.0 Å². The van der Waals surface area contributed by atoms with E-state index in [1.54, 1.807) is 0 Å². The van der Waals surface area contributed by atoms with Gasteiger partial charge < -0.3 is 9.30 Å². The van der Waals surface area contributed by atoms with Gasteiger partial charge in [0.1, 0.15) is 0 Å². The standard InChI is InChI=1S/C20H23N3O/c1-2-23-9-7-17-6-5-16(12-19(17)23)14-22-10-11-24-20(15-22)18-4-3-8-21-13-18/h3-9,12-13,20H,2,10-11,14-15H2,1H3. The molecule has 1 fully saturated rings. The van der Waals surface area contributed by atoms with E-state index < -0.39 is 0 Å². The van der Waals surface area contributed by atoms with Gasteiger partial charge in [0.05, 0.1) is 12.7 Å². The fourth-order valence-electron chi connectivity index (χ4n) is 3.48. The Morgan fingerprint density at radius 1 is 1.25 bits per heavy atom. The van der Waals surface area contributed by atoms with E-state index in [2.05, 4.69) is 57.9 Å². The Balaban J connectivity index is 1.50. The van der Waals surface area contributed by atoms with E-state index in [-0.39, 0.29) is 6.10 Å². The summed E-state index contributed by atoms with van der Waals surface area (Å²) in [5.74, 6) is 0. The molecule has 1 unspecified atom stereocenters. The molecule has 4 heteroatoms. The summed E-state index contributed by atoms with van der Waals surface area (Å²) in [6.07, 6.45) is 6.01. The number of aryl methyl sites for hydroxylation is 1. The van der Waals surface area contributed by atoms with Gasteiger partial charge in [-0.25, -0.2) is 0 Å². The van der Waals surface area contributed by atoms with Crippen LogP contribution in [0.3, 0.4) is 0 Å². The zero-order valence-corrected chi connectivity index (χ0v) is 14.1. The van der Waals surface area contributed by atoms with Crippen molar-refractivity contribution in [3.8, 4) is 0 Å². The van der Waals surface area contributed by atoms with Crippen LogP contribution >= 0.6 is 0 Å². The molecule has 2 aromatic heterocycles. The van der Waals surface area contributed by atoms with Crippen molar-refractivity contribution < 1.29 is 4.74 Å². The Bertz CT molecular complexity index is 812. The molecular formula is C20H23N3O. The predicted octanol–water partition coefficient (Wildman–Crippen LogP) is 3.63. The van der Waals surface area contributed by atoms with Crippen LogP contribution < -0.4 is 0 Å². The van der Waals surface area contributed by atoms with Crippen LogP contribution in [0, 0.1) is 0 Å². The summed E-state index contributed by atoms with van der Waals surface area (Å²) >= 11 is 0. The average Bonchev–Trinajstić information content (AvgIpc) is 3.05. The number of pyridine rings is 1. The Hall–Kier alpha value is -2.17. The van der Waals surface area contributed by atoms with Gasteiger partial charge in [0, 0.05) is 55.8 Å². The summed E-state index contributed by atoms with van der Waals surface area (Å²) in [5.41, 5.74) is 3.85. The Morgan fingerprint density at radius 3 is 3.04 bits per heavy atom. The van der Waals surface area contributed by atoms with Gasteiger partial charge in [-0.3, -0.25) is 9.88 Å². The number of fused-ring (bicyclic) bond motifs is 1. The van der Waals surface area contributed by atoms with Gasteiger partial charge in [0.15, 0.2) is 0 Å². The fraction of sp³-hybridized carbons (Fsp3) is 0.350. The molecule has 3 aromatic rings. The molecule has 0 bridgehead atoms. The molecule has 124 valence electrons. The van der Waals surface area contributed by atoms with E-state index in [0.717, 1.165) is 38.3 Å². The highest BCUT2D eigenvalue weighted by atomic mass is 16.5. The second-order valence-electron chi connectivity index (χ2n) is 6.38. The van der Waals surface area contributed by atoms with Crippen molar-refractivity contribution in [2.75, 3.05) is 19.7 Å². The first-order chi connectivity index (χ1) is 11.8. The van der Waals surface area contributed by atoms with Crippen LogP contribution in [0.25, 0.3) is 10.9 Å². The third-order valence-corrected chi connectivity index (χ3v) is 4.79. The van der Waals surface area contributed by atoms with Crippen LogP contribution in [0.5, 0.6) is 0 Å². The molecule has 1 aliphatic heterocycles. The molecule has 4 nitrogen and oxygen atoms in total. The summed E-state index contributed by atoms with van der Waals surface area (Å²) in [6.45, 7) is 6.82. The Labute approximate surface area is 142 Å². The molecule has 0 aliphatic carbocycles. The SMILES string of the molecule is CCn1ccc2ccc(CN3CCOC(c4cccnc4)C3)cc21. The minimum atomic E-state index is 0.121. The van der Waals surface area contributed by atoms with Crippen molar-refractivity contribution in [1.29, 1.82) is 0 Å². The molecule has 0 N–H and O–H groups in total. The van der Waals surface area contributed by atoms with Gasteiger partial charge in [0.25, 0.3) is 0 Å². The summed E-state index contributed by atoms with van der Waals surface area (Å²) in [5, 5.41) is 1.32. The number of hydrogen-bond donors (Lipinski definition) is 0. The third kappa shape index (κ3) is 3.07. The molecule has 24 heavy (non-hydrogen) atoms. The smallest absolute Gasteiger partial charge is 0.0967 e. The highest BCUT2D eigenvalue weighted by molar-refractivity contribution is 5.80. The first-order valence-electron chi connectivity index (χ1n) is 8.65. The molecule has 1 aromatic carbocycles. The fourth-order valence-corrected chi connectivity index (χ4v) is 3.48. The first kappa shape index (κ1) is 15.4. The van der Waals surface area contributed by atoms with E-state index in [9.17, 15) is 0 Å². The van der Waals surface area contributed by atoms with Gasteiger partial charge in [0.2, 0.25) is 0 Å². The van der Waals surface area contributed by atoms with Crippen molar-refractivity contribution in [3.05, 3.63) is 66.1 Å². The summed E-state index contributed by atoms with van der Waals surface area (Å²) < 4.78 is 8.24. The lowest BCUT2D eigenvalue weighted by atomic mass is 10.1. The lowest BCUT2D eigenvalue weighted by Gasteiger charge is -2.33. The molecule has 3 heterocycles. The van der Waals surface area contributed by atoms with Crippen LogP contribution in [-0.4, -0.2) is 34.1 Å². The highest BCUT2D eigenvalue weighted by Crippen LogP contribution is 2.24. The van der Waals surface area contributed by atoms with Crippen LogP contribution in [0.2, 0.25) is 0 Å². The summed E-state index contributed by atoms with van der Waals surface area (Å²) in [4.78, 5) is 6.69. The predicted molar refractivity (Wildman–Crippen MR) is 95.8 cm³/mol. The largest absolute Gasteiger partial charge is 0.371 e. The highest BCUT2D eigenvalue weighted by Gasteiger charge is 2.22. The molecule has 0 radical (unpaired) electrons. The second kappa shape index (κ2) is 6.75. The molecule has 0 saturated carbocycles. The number of morpholine rings is 1. The van der Waals surface area contributed by atoms with Gasteiger partial charge in [-0.1, -0.05) is 18.2 Å². The lowest BCUT2D eigenvalue weighted by molar-refractivity contribution is -0.0330. The number of nitrogens with zero attached hydrogens (tertiary/aromatic N) is 3. The molecule has 1 saturated heterocycles. The van der Waals surface area contributed by atoms with E-state index in [1.165, 1.54) is 16.5 Å². The third-order valence-electron chi connectivity index (χ3n) is 4.79. The maximum absolute atomic E-state index is 5.94. The van der Waals surface area contributed by atoms with Crippen LogP contribution in [0.4, 0.5) is 0 Å². The number of rotatable bonds is 4. The van der Waals surface area contributed by atoms with Gasteiger partial charge in [-0.15, -0.1) is 0 Å². The van der Waals surface area contributed by atoms with E-state index >= 15 is 0 Å².